The lowest BCUT2D eigenvalue weighted by Gasteiger charge is -2.02. The van der Waals surface area contributed by atoms with Gasteiger partial charge in [0.15, 0.2) is 0 Å². The van der Waals surface area contributed by atoms with E-state index in [0.717, 1.165) is 12.8 Å². The lowest BCUT2D eigenvalue weighted by Crippen LogP contribution is -2.27. The number of rotatable bonds is 6. The van der Waals surface area contributed by atoms with Crippen LogP contribution in [0.3, 0.4) is 0 Å². The summed E-state index contributed by atoms with van der Waals surface area (Å²) in [4.78, 5) is 21.7. The number of nitrogens with one attached hydrogen (secondary N) is 1. The molecule has 0 aromatic carbocycles. The largest absolute Gasteiger partial charge is 0.481 e. The third kappa shape index (κ3) is 2.99. The highest BCUT2D eigenvalue weighted by atomic mass is 16.4. The standard InChI is InChI=1S/C9H16N2O3/c10-3-1-2-4-11-8(12)6-5-7(6)9(13)14/h6-7H,1-5,10H2,(H,11,12)(H,13,14)/t6-,7+/m1/s1. The van der Waals surface area contributed by atoms with E-state index >= 15 is 0 Å². The molecule has 0 saturated heterocycles. The number of carboxylic acid groups (broad SMARTS) is 1. The van der Waals surface area contributed by atoms with Gasteiger partial charge in [0, 0.05) is 6.54 Å². The summed E-state index contributed by atoms with van der Waals surface area (Å²) in [5.41, 5.74) is 5.29. The normalized spacial score (nSPS) is 24.4. The van der Waals surface area contributed by atoms with Crippen LogP contribution in [0.5, 0.6) is 0 Å². The third-order valence-electron chi connectivity index (χ3n) is 2.37. The Morgan fingerprint density at radius 2 is 2.07 bits per heavy atom. The fourth-order valence-corrected chi connectivity index (χ4v) is 1.37. The Kier molecular flexibility index (Phi) is 3.88. The van der Waals surface area contributed by atoms with Crippen molar-refractivity contribution in [2.24, 2.45) is 17.6 Å². The molecule has 1 amide bonds. The van der Waals surface area contributed by atoms with Gasteiger partial charge in [-0.05, 0) is 25.8 Å². The summed E-state index contributed by atoms with van der Waals surface area (Å²) >= 11 is 0. The molecule has 1 fully saturated rings. The van der Waals surface area contributed by atoms with E-state index in [1.165, 1.54) is 0 Å². The van der Waals surface area contributed by atoms with Crippen molar-refractivity contribution in [1.82, 2.24) is 5.32 Å². The van der Waals surface area contributed by atoms with Crippen LogP contribution in [0.1, 0.15) is 19.3 Å². The van der Waals surface area contributed by atoms with E-state index in [1.807, 2.05) is 0 Å². The topological polar surface area (TPSA) is 92.4 Å². The first-order valence-electron chi connectivity index (χ1n) is 4.87. The molecule has 0 unspecified atom stereocenters. The maximum Gasteiger partial charge on any atom is 0.307 e. The number of carbonyl (C=O) groups excluding carboxylic acids is 1. The monoisotopic (exact) mass is 200 g/mol. The minimum absolute atomic E-state index is 0.130. The average Bonchev–Trinajstić information content (AvgIpc) is 2.91. The number of amides is 1. The first-order valence-corrected chi connectivity index (χ1v) is 4.87. The zero-order chi connectivity index (χ0) is 10.6. The van der Waals surface area contributed by atoms with Crippen LogP contribution < -0.4 is 11.1 Å². The van der Waals surface area contributed by atoms with Crippen molar-refractivity contribution in [3.63, 3.8) is 0 Å². The smallest absolute Gasteiger partial charge is 0.307 e. The van der Waals surface area contributed by atoms with Gasteiger partial charge in [-0.3, -0.25) is 9.59 Å². The maximum atomic E-state index is 11.3. The van der Waals surface area contributed by atoms with Crippen LogP contribution in [0.2, 0.25) is 0 Å². The molecular formula is C9H16N2O3. The van der Waals surface area contributed by atoms with Gasteiger partial charge in [0.05, 0.1) is 11.8 Å². The molecule has 0 heterocycles. The third-order valence-corrected chi connectivity index (χ3v) is 2.37. The van der Waals surface area contributed by atoms with Crippen molar-refractivity contribution in [2.45, 2.75) is 19.3 Å². The van der Waals surface area contributed by atoms with Gasteiger partial charge in [-0.15, -0.1) is 0 Å². The molecule has 4 N–H and O–H groups in total. The maximum absolute atomic E-state index is 11.3. The van der Waals surface area contributed by atoms with Crippen molar-refractivity contribution in [2.75, 3.05) is 13.1 Å². The fourth-order valence-electron chi connectivity index (χ4n) is 1.37. The molecule has 1 aliphatic rings. The van der Waals surface area contributed by atoms with E-state index in [9.17, 15) is 9.59 Å². The van der Waals surface area contributed by atoms with E-state index in [2.05, 4.69) is 5.32 Å². The van der Waals surface area contributed by atoms with Gasteiger partial charge >= 0.3 is 5.97 Å². The highest BCUT2D eigenvalue weighted by Gasteiger charge is 2.48. The number of nitrogens with two attached hydrogens (primary N) is 1. The van der Waals surface area contributed by atoms with Crippen LogP contribution in [0.4, 0.5) is 0 Å². The van der Waals surface area contributed by atoms with Crippen molar-refractivity contribution in [3.8, 4) is 0 Å². The molecule has 5 heteroatoms. The van der Waals surface area contributed by atoms with Crippen LogP contribution in [-0.2, 0) is 9.59 Å². The number of hydrogen-bond donors (Lipinski definition) is 3. The molecule has 1 rings (SSSR count). The Balaban J connectivity index is 2.09. The SMILES string of the molecule is NCCCCNC(=O)[C@@H]1C[C@@H]1C(=O)O. The van der Waals surface area contributed by atoms with Gasteiger partial charge in [-0.2, -0.15) is 0 Å². The molecule has 1 aliphatic carbocycles. The van der Waals surface area contributed by atoms with Gasteiger partial charge < -0.3 is 16.2 Å². The first-order chi connectivity index (χ1) is 6.66. The Bertz CT molecular complexity index is 230. The number of carboxylic acids is 1. The molecular weight excluding hydrogens is 184 g/mol. The fraction of sp³-hybridized carbons (Fsp3) is 0.778. The van der Waals surface area contributed by atoms with Gasteiger partial charge in [-0.1, -0.05) is 0 Å². The van der Waals surface area contributed by atoms with E-state index in [-0.39, 0.29) is 11.8 Å². The Labute approximate surface area is 82.7 Å². The van der Waals surface area contributed by atoms with Crippen LogP contribution in [0.15, 0.2) is 0 Å². The molecule has 5 nitrogen and oxygen atoms in total. The summed E-state index contributed by atoms with van der Waals surface area (Å²) in [6, 6.07) is 0. The number of carbonyl (C=O) groups is 2. The highest BCUT2D eigenvalue weighted by Crippen LogP contribution is 2.38. The van der Waals surface area contributed by atoms with Gasteiger partial charge in [0.25, 0.3) is 0 Å². The number of hydrogen-bond acceptors (Lipinski definition) is 3. The van der Waals surface area contributed by atoms with Crippen molar-refractivity contribution in [1.29, 1.82) is 0 Å². The number of aliphatic carboxylic acids is 1. The zero-order valence-corrected chi connectivity index (χ0v) is 8.03. The van der Waals surface area contributed by atoms with E-state index in [1.54, 1.807) is 0 Å². The van der Waals surface area contributed by atoms with E-state index in [4.69, 9.17) is 10.8 Å². The Hall–Kier alpha value is -1.10. The van der Waals surface area contributed by atoms with Crippen molar-refractivity contribution >= 4 is 11.9 Å². The van der Waals surface area contributed by atoms with E-state index in [0.29, 0.717) is 19.5 Å². The molecule has 1 saturated carbocycles. The highest BCUT2D eigenvalue weighted by molar-refractivity contribution is 5.89. The second-order valence-corrected chi connectivity index (χ2v) is 3.57. The van der Waals surface area contributed by atoms with Crippen LogP contribution in [-0.4, -0.2) is 30.1 Å². The summed E-state index contributed by atoms with van der Waals surface area (Å²) in [7, 11) is 0. The minimum atomic E-state index is -0.868. The Morgan fingerprint density at radius 1 is 1.36 bits per heavy atom. The predicted molar refractivity (Wildman–Crippen MR) is 50.5 cm³/mol. The lowest BCUT2D eigenvalue weighted by atomic mass is 10.2. The summed E-state index contributed by atoms with van der Waals surface area (Å²) in [5.74, 6) is -1.75. The molecule has 0 bridgehead atoms. The van der Waals surface area contributed by atoms with Crippen LogP contribution in [0.25, 0.3) is 0 Å². The number of unbranched alkanes of at least 4 members (excludes halogenated alkanes) is 1. The predicted octanol–water partition coefficient (Wildman–Crippen LogP) is -0.438. The molecule has 0 aromatic heterocycles. The lowest BCUT2D eigenvalue weighted by molar-refractivity contribution is -0.140. The van der Waals surface area contributed by atoms with Gasteiger partial charge in [-0.25, -0.2) is 0 Å². The Morgan fingerprint density at radius 3 is 2.57 bits per heavy atom. The zero-order valence-electron chi connectivity index (χ0n) is 8.03. The molecule has 0 radical (unpaired) electrons. The van der Waals surface area contributed by atoms with Crippen LogP contribution >= 0.6 is 0 Å². The molecule has 2 atom stereocenters. The first kappa shape index (κ1) is 11.0. The summed E-state index contributed by atoms with van der Waals surface area (Å²) in [6.07, 6.45) is 2.22. The summed E-state index contributed by atoms with van der Waals surface area (Å²) in [6.45, 7) is 1.22. The summed E-state index contributed by atoms with van der Waals surface area (Å²) < 4.78 is 0. The van der Waals surface area contributed by atoms with Gasteiger partial charge in [0.1, 0.15) is 0 Å². The second-order valence-electron chi connectivity index (χ2n) is 3.57. The average molecular weight is 200 g/mol. The summed E-state index contributed by atoms with van der Waals surface area (Å²) in [5, 5.41) is 11.3. The van der Waals surface area contributed by atoms with E-state index < -0.39 is 11.9 Å². The van der Waals surface area contributed by atoms with Crippen molar-refractivity contribution in [3.05, 3.63) is 0 Å². The van der Waals surface area contributed by atoms with Crippen molar-refractivity contribution < 1.29 is 14.7 Å². The molecule has 0 spiro atoms. The molecule has 14 heavy (non-hydrogen) atoms. The minimum Gasteiger partial charge on any atom is -0.481 e. The molecule has 80 valence electrons. The molecule has 0 aromatic rings. The van der Waals surface area contributed by atoms with Gasteiger partial charge in [0.2, 0.25) is 5.91 Å². The van der Waals surface area contributed by atoms with Crippen LogP contribution in [0, 0.1) is 11.8 Å². The quantitative estimate of drug-likeness (QED) is 0.507. The molecule has 0 aliphatic heterocycles. The second kappa shape index (κ2) is 4.95.